The average molecular weight is 355 g/mol. The Morgan fingerprint density at radius 1 is 0.760 bits per heavy atom. The van der Waals surface area contributed by atoms with E-state index in [9.17, 15) is 17.6 Å². The number of benzene rings is 3. The Hall–Kier alpha value is -2.99. The molecular formula is C19H14FNO3S. The van der Waals surface area contributed by atoms with Crippen LogP contribution in [0.25, 0.3) is 0 Å². The van der Waals surface area contributed by atoms with Crippen LogP contribution >= 0.6 is 0 Å². The van der Waals surface area contributed by atoms with Crippen LogP contribution in [0.3, 0.4) is 0 Å². The third-order valence-corrected chi connectivity index (χ3v) is 4.97. The largest absolute Gasteiger partial charge is 0.288 e. The summed E-state index contributed by atoms with van der Waals surface area (Å²) in [6, 6.07) is 19.5. The number of hydrogen-bond donors (Lipinski definition) is 1. The highest BCUT2D eigenvalue weighted by Gasteiger charge is 2.20. The minimum absolute atomic E-state index is 0.0724. The molecule has 0 bridgehead atoms. The van der Waals surface area contributed by atoms with Gasteiger partial charge in [0.05, 0.1) is 16.1 Å². The zero-order valence-corrected chi connectivity index (χ0v) is 13.8. The van der Waals surface area contributed by atoms with Crippen LogP contribution < -0.4 is 4.72 Å². The summed E-state index contributed by atoms with van der Waals surface area (Å²) in [6.07, 6.45) is 0. The van der Waals surface area contributed by atoms with Crippen LogP contribution in [-0.2, 0) is 10.0 Å². The number of carbonyl (C=O) groups excluding carboxylic acids is 1. The number of hydrogen-bond acceptors (Lipinski definition) is 3. The van der Waals surface area contributed by atoms with Gasteiger partial charge in [-0.05, 0) is 36.4 Å². The lowest BCUT2D eigenvalue weighted by atomic mass is 10.0. The monoisotopic (exact) mass is 355 g/mol. The van der Waals surface area contributed by atoms with Gasteiger partial charge in [0.15, 0.2) is 5.78 Å². The van der Waals surface area contributed by atoms with Gasteiger partial charge in [0.1, 0.15) is 5.82 Å². The second-order valence-corrected chi connectivity index (χ2v) is 6.96. The van der Waals surface area contributed by atoms with Gasteiger partial charge >= 0.3 is 0 Å². The molecule has 0 radical (unpaired) electrons. The quantitative estimate of drug-likeness (QED) is 0.707. The molecule has 0 heterocycles. The summed E-state index contributed by atoms with van der Waals surface area (Å²) in [5.74, 6) is -1.25. The molecule has 0 aliphatic heterocycles. The molecule has 0 saturated carbocycles. The van der Waals surface area contributed by atoms with Gasteiger partial charge in [-0.2, -0.15) is 0 Å². The minimum Gasteiger partial charge on any atom is -0.288 e. The van der Waals surface area contributed by atoms with E-state index in [2.05, 4.69) is 4.72 Å². The zero-order valence-electron chi connectivity index (χ0n) is 13.0. The van der Waals surface area contributed by atoms with Gasteiger partial charge in [0.25, 0.3) is 10.0 Å². The van der Waals surface area contributed by atoms with Crippen molar-refractivity contribution in [2.75, 3.05) is 4.72 Å². The fraction of sp³-hybridized carbons (Fsp3) is 0. The maximum absolute atomic E-state index is 13.9. The molecule has 0 spiro atoms. The summed E-state index contributed by atoms with van der Waals surface area (Å²) in [5.41, 5.74) is 0.0561. The number of carbonyl (C=O) groups is 1. The van der Waals surface area contributed by atoms with Crippen molar-refractivity contribution in [3.63, 3.8) is 0 Å². The van der Waals surface area contributed by atoms with Gasteiger partial charge in [-0.15, -0.1) is 0 Å². The van der Waals surface area contributed by atoms with Crippen molar-refractivity contribution in [1.29, 1.82) is 0 Å². The van der Waals surface area contributed by atoms with E-state index in [1.165, 1.54) is 42.5 Å². The lowest BCUT2D eigenvalue weighted by molar-refractivity contribution is 0.103. The Kier molecular flexibility index (Phi) is 4.63. The fourth-order valence-electron chi connectivity index (χ4n) is 2.36. The van der Waals surface area contributed by atoms with Crippen LogP contribution in [0.15, 0.2) is 83.8 Å². The van der Waals surface area contributed by atoms with E-state index in [1.54, 1.807) is 36.4 Å². The van der Waals surface area contributed by atoms with Gasteiger partial charge < -0.3 is 0 Å². The zero-order chi connectivity index (χ0) is 17.9. The smallest absolute Gasteiger partial charge is 0.261 e. The number of nitrogens with one attached hydrogen (secondary N) is 1. The molecule has 0 unspecified atom stereocenters. The van der Waals surface area contributed by atoms with E-state index in [0.717, 1.165) is 0 Å². The van der Waals surface area contributed by atoms with Crippen molar-refractivity contribution in [2.45, 2.75) is 4.90 Å². The molecular weight excluding hydrogens is 341 g/mol. The Labute approximate surface area is 145 Å². The number of para-hydroxylation sites is 1. The molecule has 0 atom stereocenters. The molecule has 3 rings (SSSR count). The van der Waals surface area contributed by atoms with E-state index < -0.39 is 21.6 Å². The van der Waals surface area contributed by atoms with Gasteiger partial charge in [-0.1, -0.05) is 42.5 Å². The Morgan fingerprint density at radius 3 is 2.00 bits per heavy atom. The number of ketones is 1. The van der Waals surface area contributed by atoms with Gasteiger partial charge in [0, 0.05) is 5.56 Å². The van der Waals surface area contributed by atoms with E-state index in [0.29, 0.717) is 0 Å². The van der Waals surface area contributed by atoms with Crippen LogP contribution in [0.4, 0.5) is 10.1 Å². The van der Waals surface area contributed by atoms with E-state index in [4.69, 9.17) is 0 Å². The first-order valence-corrected chi connectivity index (χ1v) is 8.93. The number of rotatable bonds is 5. The van der Waals surface area contributed by atoms with Crippen molar-refractivity contribution in [1.82, 2.24) is 0 Å². The van der Waals surface area contributed by atoms with Crippen molar-refractivity contribution in [3.05, 3.63) is 95.8 Å². The maximum Gasteiger partial charge on any atom is 0.261 e. The summed E-state index contributed by atoms with van der Waals surface area (Å²) in [4.78, 5) is 12.7. The predicted molar refractivity (Wildman–Crippen MR) is 93.5 cm³/mol. The van der Waals surface area contributed by atoms with E-state index >= 15 is 0 Å². The molecule has 1 N–H and O–H groups in total. The van der Waals surface area contributed by atoms with Gasteiger partial charge in [0.2, 0.25) is 0 Å². The highest BCUT2D eigenvalue weighted by Crippen LogP contribution is 2.23. The minimum atomic E-state index is -3.86. The third-order valence-electron chi connectivity index (χ3n) is 3.59. The van der Waals surface area contributed by atoms with Crippen molar-refractivity contribution in [3.8, 4) is 0 Å². The molecule has 3 aromatic rings. The standard InChI is InChI=1S/C19H14FNO3S/c20-17-12-6-4-10-15(17)19(22)16-11-5-7-13-18(16)21-25(23,24)14-8-2-1-3-9-14/h1-13,21H. The molecule has 3 aromatic carbocycles. The van der Waals surface area contributed by atoms with Crippen LogP contribution in [0, 0.1) is 5.82 Å². The Balaban J connectivity index is 2.00. The van der Waals surface area contributed by atoms with Crippen molar-refractivity contribution < 1.29 is 17.6 Å². The summed E-state index contributed by atoms with van der Waals surface area (Å²) in [7, 11) is -3.86. The van der Waals surface area contributed by atoms with Crippen LogP contribution in [-0.4, -0.2) is 14.2 Å². The Bertz CT molecular complexity index is 1020. The number of sulfonamides is 1. The second kappa shape index (κ2) is 6.86. The SMILES string of the molecule is O=C(c1ccccc1F)c1ccccc1NS(=O)(=O)c1ccccc1. The molecule has 0 aliphatic rings. The highest BCUT2D eigenvalue weighted by molar-refractivity contribution is 7.92. The third kappa shape index (κ3) is 3.59. The summed E-state index contributed by atoms with van der Waals surface area (Å²) >= 11 is 0. The summed E-state index contributed by atoms with van der Waals surface area (Å²) < 4.78 is 41.3. The molecule has 25 heavy (non-hydrogen) atoms. The maximum atomic E-state index is 13.9. The molecule has 0 saturated heterocycles. The normalized spacial score (nSPS) is 11.1. The lowest BCUT2D eigenvalue weighted by Crippen LogP contribution is -2.16. The highest BCUT2D eigenvalue weighted by atomic mass is 32.2. The van der Waals surface area contributed by atoms with Gasteiger partial charge in [-0.3, -0.25) is 9.52 Å². The molecule has 0 amide bonds. The fourth-order valence-corrected chi connectivity index (χ4v) is 3.46. The molecule has 4 nitrogen and oxygen atoms in total. The lowest BCUT2D eigenvalue weighted by Gasteiger charge is -2.12. The van der Waals surface area contributed by atoms with Crippen molar-refractivity contribution in [2.24, 2.45) is 0 Å². The average Bonchev–Trinajstić information content (AvgIpc) is 2.62. The van der Waals surface area contributed by atoms with Crippen LogP contribution in [0.5, 0.6) is 0 Å². The molecule has 126 valence electrons. The number of halogens is 1. The predicted octanol–water partition coefficient (Wildman–Crippen LogP) is 3.86. The van der Waals surface area contributed by atoms with E-state index in [1.807, 2.05) is 0 Å². The molecule has 0 fully saturated rings. The number of anilines is 1. The molecule has 0 aromatic heterocycles. The first-order chi connectivity index (χ1) is 12.0. The first kappa shape index (κ1) is 16.9. The molecule has 6 heteroatoms. The Morgan fingerprint density at radius 2 is 1.32 bits per heavy atom. The first-order valence-electron chi connectivity index (χ1n) is 7.45. The second-order valence-electron chi connectivity index (χ2n) is 5.27. The van der Waals surface area contributed by atoms with Crippen LogP contribution in [0.2, 0.25) is 0 Å². The summed E-state index contributed by atoms with van der Waals surface area (Å²) in [5, 5.41) is 0. The van der Waals surface area contributed by atoms with E-state index in [-0.39, 0.29) is 21.7 Å². The van der Waals surface area contributed by atoms with Crippen molar-refractivity contribution >= 4 is 21.5 Å². The molecule has 0 aliphatic carbocycles. The van der Waals surface area contributed by atoms with Gasteiger partial charge in [-0.25, -0.2) is 12.8 Å². The summed E-state index contributed by atoms with van der Waals surface area (Å²) in [6.45, 7) is 0. The van der Waals surface area contributed by atoms with Crippen LogP contribution in [0.1, 0.15) is 15.9 Å². The topological polar surface area (TPSA) is 63.2 Å².